The molecule has 0 aliphatic rings. The molecule has 0 atom stereocenters. The van der Waals surface area contributed by atoms with Gasteiger partial charge in [-0.1, -0.05) is 37.6 Å². The van der Waals surface area contributed by atoms with Gasteiger partial charge >= 0.3 is 5.63 Å². The monoisotopic (exact) mass is 352 g/mol. The molecular formula is C21H17ClO3. The molecule has 4 rings (SSSR count). The van der Waals surface area contributed by atoms with E-state index in [0.29, 0.717) is 16.2 Å². The summed E-state index contributed by atoms with van der Waals surface area (Å²) >= 11 is 5.99. The number of fused-ring (bicyclic) bond motifs is 2. The molecular weight excluding hydrogens is 336 g/mol. The lowest BCUT2D eigenvalue weighted by atomic mass is 9.96. The Morgan fingerprint density at radius 3 is 2.40 bits per heavy atom. The van der Waals surface area contributed by atoms with Gasteiger partial charge in [-0.05, 0) is 42.2 Å². The predicted molar refractivity (Wildman–Crippen MR) is 102 cm³/mol. The van der Waals surface area contributed by atoms with Gasteiger partial charge in [0.2, 0.25) is 0 Å². The minimum absolute atomic E-state index is 0.108. The Morgan fingerprint density at radius 2 is 1.72 bits per heavy atom. The Labute approximate surface area is 149 Å². The number of hydrogen-bond donors (Lipinski definition) is 0. The van der Waals surface area contributed by atoms with E-state index in [2.05, 4.69) is 0 Å². The molecule has 0 aliphatic carbocycles. The summed E-state index contributed by atoms with van der Waals surface area (Å²) < 4.78 is 11.2. The fourth-order valence-electron chi connectivity index (χ4n) is 3.41. The zero-order valence-corrected chi connectivity index (χ0v) is 15.0. The molecule has 0 N–H and O–H groups in total. The van der Waals surface area contributed by atoms with E-state index in [0.717, 1.165) is 33.0 Å². The van der Waals surface area contributed by atoms with E-state index in [1.807, 2.05) is 51.1 Å². The SMILES string of the molecule is Cc1c(C(C)C)c(=O)oc2cc3occ(-c4ccc(Cl)cc4)c3cc12. The van der Waals surface area contributed by atoms with Gasteiger partial charge in [-0.3, -0.25) is 0 Å². The first kappa shape index (κ1) is 16.0. The molecule has 0 bridgehead atoms. The van der Waals surface area contributed by atoms with Crippen molar-refractivity contribution in [3.8, 4) is 11.1 Å². The van der Waals surface area contributed by atoms with Crippen LogP contribution in [-0.4, -0.2) is 0 Å². The van der Waals surface area contributed by atoms with E-state index < -0.39 is 0 Å². The predicted octanol–water partition coefficient (Wildman–Crippen LogP) is 6.29. The maximum Gasteiger partial charge on any atom is 0.339 e. The molecule has 0 radical (unpaired) electrons. The molecule has 25 heavy (non-hydrogen) atoms. The van der Waals surface area contributed by atoms with Crippen molar-refractivity contribution in [2.45, 2.75) is 26.7 Å². The summed E-state index contributed by atoms with van der Waals surface area (Å²) in [5.41, 5.74) is 4.68. The van der Waals surface area contributed by atoms with E-state index in [9.17, 15) is 4.79 Å². The summed E-state index contributed by atoms with van der Waals surface area (Å²) in [6.07, 6.45) is 1.73. The van der Waals surface area contributed by atoms with Crippen LogP contribution in [0.5, 0.6) is 0 Å². The van der Waals surface area contributed by atoms with E-state index in [1.165, 1.54) is 0 Å². The molecule has 0 fully saturated rings. The van der Waals surface area contributed by atoms with Crippen LogP contribution < -0.4 is 5.63 Å². The van der Waals surface area contributed by atoms with Crippen molar-refractivity contribution in [1.82, 2.24) is 0 Å². The first-order valence-corrected chi connectivity index (χ1v) is 8.58. The van der Waals surface area contributed by atoms with Crippen LogP contribution >= 0.6 is 11.6 Å². The van der Waals surface area contributed by atoms with E-state index in [1.54, 1.807) is 12.3 Å². The molecule has 2 aromatic heterocycles. The summed E-state index contributed by atoms with van der Waals surface area (Å²) in [6.45, 7) is 5.98. The third-order valence-electron chi connectivity index (χ3n) is 4.64. The van der Waals surface area contributed by atoms with Gasteiger partial charge in [0.05, 0.1) is 6.26 Å². The Balaban J connectivity index is 2.03. The second-order valence-corrected chi connectivity index (χ2v) is 7.02. The van der Waals surface area contributed by atoms with Crippen LogP contribution in [0.25, 0.3) is 33.1 Å². The molecule has 0 amide bonds. The van der Waals surface area contributed by atoms with Crippen molar-refractivity contribution in [1.29, 1.82) is 0 Å². The van der Waals surface area contributed by atoms with Crippen LogP contribution in [0.2, 0.25) is 5.02 Å². The fourth-order valence-corrected chi connectivity index (χ4v) is 3.53. The van der Waals surface area contributed by atoms with Gasteiger partial charge in [0.15, 0.2) is 0 Å². The van der Waals surface area contributed by atoms with E-state index >= 15 is 0 Å². The van der Waals surface area contributed by atoms with E-state index in [-0.39, 0.29) is 11.5 Å². The van der Waals surface area contributed by atoms with Crippen LogP contribution in [0, 0.1) is 6.92 Å². The van der Waals surface area contributed by atoms with Crippen LogP contribution in [0.1, 0.15) is 30.9 Å². The number of halogens is 1. The molecule has 2 heterocycles. The Bertz CT molecular complexity index is 1150. The molecule has 0 saturated carbocycles. The van der Waals surface area contributed by atoms with Crippen molar-refractivity contribution in [2.24, 2.45) is 0 Å². The first-order valence-electron chi connectivity index (χ1n) is 8.20. The molecule has 4 aromatic rings. The highest BCUT2D eigenvalue weighted by molar-refractivity contribution is 6.30. The zero-order valence-electron chi connectivity index (χ0n) is 14.2. The van der Waals surface area contributed by atoms with Crippen molar-refractivity contribution >= 4 is 33.5 Å². The highest BCUT2D eigenvalue weighted by Crippen LogP contribution is 2.35. The third-order valence-corrected chi connectivity index (χ3v) is 4.89. The van der Waals surface area contributed by atoms with Gasteiger partial charge in [-0.25, -0.2) is 4.79 Å². The van der Waals surface area contributed by atoms with Gasteiger partial charge in [0, 0.05) is 33.0 Å². The van der Waals surface area contributed by atoms with Crippen molar-refractivity contribution in [3.63, 3.8) is 0 Å². The zero-order chi connectivity index (χ0) is 17.7. The smallest absolute Gasteiger partial charge is 0.339 e. The number of benzene rings is 2. The van der Waals surface area contributed by atoms with Crippen LogP contribution in [0.3, 0.4) is 0 Å². The molecule has 0 unspecified atom stereocenters. The molecule has 0 saturated heterocycles. The maximum absolute atomic E-state index is 12.3. The van der Waals surface area contributed by atoms with Gasteiger partial charge in [-0.2, -0.15) is 0 Å². The first-order chi connectivity index (χ1) is 12.0. The summed E-state index contributed by atoms with van der Waals surface area (Å²) in [4.78, 5) is 12.3. The normalized spacial score (nSPS) is 11.7. The summed E-state index contributed by atoms with van der Waals surface area (Å²) in [5, 5.41) is 2.62. The second kappa shape index (κ2) is 5.78. The number of hydrogen-bond acceptors (Lipinski definition) is 3. The summed E-state index contributed by atoms with van der Waals surface area (Å²) in [6, 6.07) is 11.5. The van der Waals surface area contributed by atoms with Gasteiger partial charge in [-0.15, -0.1) is 0 Å². The largest absolute Gasteiger partial charge is 0.464 e. The number of rotatable bonds is 2. The second-order valence-electron chi connectivity index (χ2n) is 6.58. The average Bonchev–Trinajstić information content (AvgIpc) is 2.96. The third kappa shape index (κ3) is 2.56. The quantitative estimate of drug-likeness (QED) is 0.398. The molecule has 4 heteroatoms. The lowest BCUT2D eigenvalue weighted by molar-refractivity contribution is 0.541. The summed E-state index contributed by atoms with van der Waals surface area (Å²) in [7, 11) is 0. The average molecular weight is 353 g/mol. The van der Waals surface area contributed by atoms with Crippen LogP contribution in [0.15, 0.2) is 56.3 Å². The lowest BCUT2D eigenvalue weighted by Crippen LogP contribution is -2.11. The van der Waals surface area contributed by atoms with Crippen LogP contribution in [-0.2, 0) is 0 Å². The molecule has 126 valence electrons. The van der Waals surface area contributed by atoms with Gasteiger partial charge in [0.1, 0.15) is 11.2 Å². The Morgan fingerprint density at radius 1 is 1.00 bits per heavy atom. The van der Waals surface area contributed by atoms with Gasteiger partial charge in [0.25, 0.3) is 0 Å². The lowest BCUT2D eigenvalue weighted by Gasteiger charge is -2.10. The molecule has 2 aromatic carbocycles. The summed E-state index contributed by atoms with van der Waals surface area (Å²) in [5.74, 6) is 0.108. The minimum atomic E-state index is -0.274. The van der Waals surface area contributed by atoms with Crippen molar-refractivity contribution in [2.75, 3.05) is 0 Å². The number of furan rings is 1. The highest BCUT2D eigenvalue weighted by Gasteiger charge is 2.17. The standard InChI is InChI=1S/C21H17ClO3/c1-11(2)20-12(3)15-8-16-17(13-4-6-14(22)7-5-13)10-24-18(16)9-19(15)25-21(20)23/h4-11H,1-3H3. The number of aryl methyl sites for hydroxylation is 1. The Kier molecular flexibility index (Phi) is 3.69. The molecule has 3 nitrogen and oxygen atoms in total. The van der Waals surface area contributed by atoms with Crippen LogP contribution in [0.4, 0.5) is 0 Å². The molecule has 0 aliphatic heterocycles. The van der Waals surface area contributed by atoms with Crippen molar-refractivity contribution < 1.29 is 8.83 Å². The topological polar surface area (TPSA) is 43.4 Å². The van der Waals surface area contributed by atoms with Gasteiger partial charge < -0.3 is 8.83 Å². The maximum atomic E-state index is 12.3. The Hall–Kier alpha value is -2.52. The van der Waals surface area contributed by atoms with E-state index in [4.69, 9.17) is 20.4 Å². The molecule has 0 spiro atoms. The highest BCUT2D eigenvalue weighted by atomic mass is 35.5. The fraction of sp³-hybridized carbons (Fsp3) is 0.190. The minimum Gasteiger partial charge on any atom is -0.464 e. The van der Waals surface area contributed by atoms with Crippen molar-refractivity contribution in [3.05, 3.63) is 69.2 Å².